The minimum Gasteiger partial charge on any atom is -0.370 e. The maximum atomic E-state index is 11.3. The first kappa shape index (κ1) is 22.2. The summed E-state index contributed by atoms with van der Waals surface area (Å²) in [7, 11) is 0. The summed E-state index contributed by atoms with van der Waals surface area (Å²) in [5, 5.41) is 11.7. The number of primary amides is 1. The molecular weight excluding hydrogens is 430 g/mol. The van der Waals surface area contributed by atoms with Crippen LogP contribution >= 0.6 is 23.1 Å². The zero-order valence-corrected chi connectivity index (χ0v) is 20.1. The van der Waals surface area contributed by atoms with Gasteiger partial charge in [-0.15, -0.1) is 21.5 Å². The smallest absolute Gasteiger partial charge is 0.217 e. The third-order valence-electron chi connectivity index (χ3n) is 5.73. The Kier molecular flexibility index (Phi) is 6.59. The highest BCUT2D eigenvalue weighted by Gasteiger charge is 2.30. The molecule has 0 saturated heterocycles. The maximum Gasteiger partial charge on any atom is 0.217 e. The molecule has 3 aromatic heterocycles. The van der Waals surface area contributed by atoms with Crippen molar-refractivity contribution in [1.82, 2.24) is 29.6 Å². The summed E-state index contributed by atoms with van der Waals surface area (Å²) in [5.74, 6) is 1.35. The van der Waals surface area contributed by atoms with Crippen LogP contribution in [0.1, 0.15) is 61.2 Å². The van der Waals surface area contributed by atoms with Gasteiger partial charge in [-0.1, -0.05) is 13.8 Å². The number of nitrogens with zero attached hydrogens (tertiary/aromatic N) is 6. The van der Waals surface area contributed by atoms with Crippen molar-refractivity contribution in [3.8, 4) is 0 Å². The van der Waals surface area contributed by atoms with Crippen LogP contribution in [-0.4, -0.2) is 48.6 Å². The molecule has 1 aliphatic rings. The second-order valence-electron chi connectivity index (χ2n) is 7.94. The fourth-order valence-corrected chi connectivity index (χ4v) is 5.84. The number of rotatable bonds is 10. The summed E-state index contributed by atoms with van der Waals surface area (Å²) in [6, 6.07) is 0.401. The largest absolute Gasteiger partial charge is 0.370 e. The highest BCUT2D eigenvalue weighted by atomic mass is 32.2. The number of fused-ring (bicyclic) bond motifs is 1. The average molecular weight is 460 g/mol. The molecule has 1 amide bonds. The first-order valence-corrected chi connectivity index (χ1v) is 12.4. The molecule has 0 aliphatic heterocycles. The highest BCUT2D eigenvalue weighted by molar-refractivity contribution is 7.99. The summed E-state index contributed by atoms with van der Waals surface area (Å²) in [6.45, 7) is 11.2. The molecule has 1 aliphatic carbocycles. The molecule has 0 radical (unpaired) electrons. The van der Waals surface area contributed by atoms with Crippen LogP contribution in [0.2, 0.25) is 0 Å². The Hall–Kier alpha value is -2.04. The van der Waals surface area contributed by atoms with Gasteiger partial charge in [0.25, 0.3) is 0 Å². The number of amides is 1. The van der Waals surface area contributed by atoms with E-state index in [4.69, 9.17) is 15.7 Å². The molecule has 0 bridgehead atoms. The van der Waals surface area contributed by atoms with Gasteiger partial charge in [0.1, 0.15) is 21.5 Å². The minimum atomic E-state index is -0.317. The van der Waals surface area contributed by atoms with Crippen molar-refractivity contribution in [2.24, 2.45) is 5.73 Å². The third kappa shape index (κ3) is 4.75. The summed E-state index contributed by atoms with van der Waals surface area (Å²) in [6.07, 6.45) is 3.02. The number of hydrogen-bond donors (Lipinski definition) is 1. The first-order valence-electron chi connectivity index (χ1n) is 10.8. The van der Waals surface area contributed by atoms with Crippen LogP contribution in [-0.2, 0) is 17.8 Å². The monoisotopic (exact) mass is 459 g/mol. The molecule has 1 saturated carbocycles. The van der Waals surface area contributed by atoms with Gasteiger partial charge in [0, 0.05) is 29.1 Å². The van der Waals surface area contributed by atoms with Crippen molar-refractivity contribution < 1.29 is 4.79 Å². The lowest BCUT2D eigenvalue weighted by Crippen LogP contribution is -2.23. The number of aryl methyl sites for hydroxylation is 3. The Bertz CT molecular complexity index is 1100. The Morgan fingerprint density at radius 2 is 1.97 bits per heavy atom. The van der Waals surface area contributed by atoms with E-state index in [2.05, 4.69) is 47.4 Å². The number of carbonyl (C=O) groups is 1. The topological polar surface area (TPSA) is 103 Å². The van der Waals surface area contributed by atoms with Crippen LogP contribution in [0.4, 0.5) is 0 Å². The molecule has 3 heterocycles. The first-order chi connectivity index (χ1) is 14.9. The molecule has 31 heavy (non-hydrogen) atoms. The van der Waals surface area contributed by atoms with Crippen LogP contribution in [0.15, 0.2) is 10.2 Å². The van der Waals surface area contributed by atoms with Crippen LogP contribution in [0.5, 0.6) is 0 Å². The lowest BCUT2D eigenvalue weighted by Gasteiger charge is -2.17. The molecule has 0 unspecified atom stereocenters. The summed E-state index contributed by atoms with van der Waals surface area (Å²) < 4.78 is 2.18. The number of nitrogens with two attached hydrogens (primary N) is 1. The Balaban J connectivity index is 1.73. The van der Waals surface area contributed by atoms with Gasteiger partial charge in [-0.05, 0) is 57.1 Å². The van der Waals surface area contributed by atoms with E-state index in [1.807, 2.05) is 0 Å². The summed E-state index contributed by atoms with van der Waals surface area (Å²) in [5.41, 5.74) is 6.58. The number of hydrogen-bond acceptors (Lipinski definition) is 8. The van der Waals surface area contributed by atoms with E-state index in [0.717, 1.165) is 64.5 Å². The standard InChI is InChI=1S/C21H29N7OS2/c1-5-27(6-2)11-16-23-19-18(12(3)13(4)30-19)20(24-16)31-21-26-25-17(10-9-15(22)29)28(21)14-7-8-14/h14H,5-11H2,1-4H3,(H2,22,29). The predicted molar refractivity (Wildman–Crippen MR) is 123 cm³/mol. The second kappa shape index (κ2) is 9.22. The van der Waals surface area contributed by atoms with E-state index in [1.54, 1.807) is 23.1 Å². The van der Waals surface area contributed by atoms with Gasteiger partial charge in [-0.25, -0.2) is 9.97 Å². The molecule has 3 aromatic rings. The lowest BCUT2D eigenvalue weighted by atomic mass is 10.2. The maximum absolute atomic E-state index is 11.3. The Morgan fingerprint density at radius 3 is 2.61 bits per heavy atom. The van der Waals surface area contributed by atoms with E-state index in [0.29, 0.717) is 12.5 Å². The van der Waals surface area contributed by atoms with Crippen LogP contribution in [0, 0.1) is 13.8 Å². The van der Waals surface area contributed by atoms with Crippen molar-refractivity contribution >= 4 is 39.2 Å². The summed E-state index contributed by atoms with van der Waals surface area (Å²) >= 11 is 3.28. The van der Waals surface area contributed by atoms with Crippen LogP contribution in [0.3, 0.4) is 0 Å². The molecule has 0 atom stereocenters. The van der Waals surface area contributed by atoms with Crippen molar-refractivity contribution in [2.45, 2.75) is 76.1 Å². The molecule has 1 fully saturated rings. The van der Waals surface area contributed by atoms with Crippen LogP contribution < -0.4 is 5.73 Å². The zero-order valence-electron chi connectivity index (χ0n) is 18.5. The molecular formula is C21H29N7OS2. The normalized spacial score (nSPS) is 14.1. The number of carbonyl (C=O) groups excluding carboxylic acids is 1. The van der Waals surface area contributed by atoms with Gasteiger partial charge in [0.2, 0.25) is 5.91 Å². The predicted octanol–water partition coefficient (Wildman–Crippen LogP) is 3.65. The quantitative estimate of drug-likeness (QED) is 0.462. The van der Waals surface area contributed by atoms with Gasteiger partial charge in [0.05, 0.1) is 6.54 Å². The van der Waals surface area contributed by atoms with Crippen molar-refractivity contribution in [1.29, 1.82) is 0 Å². The van der Waals surface area contributed by atoms with E-state index in [-0.39, 0.29) is 12.3 Å². The van der Waals surface area contributed by atoms with Crippen LogP contribution in [0.25, 0.3) is 10.2 Å². The Labute approximate surface area is 190 Å². The molecule has 166 valence electrons. The van der Waals surface area contributed by atoms with E-state index >= 15 is 0 Å². The fraction of sp³-hybridized carbons (Fsp3) is 0.571. The van der Waals surface area contributed by atoms with Crippen molar-refractivity contribution in [2.75, 3.05) is 13.1 Å². The van der Waals surface area contributed by atoms with Gasteiger partial charge in [0.15, 0.2) is 5.16 Å². The van der Waals surface area contributed by atoms with Gasteiger partial charge < -0.3 is 10.3 Å². The SMILES string of the molecule is CCN(CC)Cc1nc(Sc2nnc(CCC(N)=O)n2C2CC2)c2c(C)c(C)sc2n1. The number of aromatic nitrogens is 5. The number of thiophene rings is 1. The zero-order chi connectivity index (χ0) is 22.1. The van der Waals surface area contributed by atoms with Crippen molar-refractivity contribution in [3.05, 3.63) is 22.1 Å². The molecule has 8 nitrogen and oxygen atoms in total. The molecule has 0 spiro atoms. The fourth-order valence-electron chi connectivity index (χ4n) is 3.62. The minimum absolute atomic E-state index is 0.282. The third-order valence-corrected chi connectivity index (χ3v) is 7.78. The average Bonchev–Trinajstić information content (AvgIpc) is 3.43. The molecule has 0 aromatic carbocycles. The van der Waals surface area contributed by atoms with Gasteiger partial charge in [-0.2, -0.15) is 0 Å². The lowest BCUT2D eigenvalue weighted by molar-refractivity contribution is -0.118. The molecule has 10 heteroatoms. The van der Waals surface area contributed by atoms with E-state index in [9.17, 15) is 4.79 Å². The highest BCUT2D eigenvalue weighted by Crippen LogP contribution is 2.42. The molecule has 4 rings (SSSR count). The van der Waals surface area contributed by atoms with Crippen molar-refractivity contribution in [3.63, 3.8) is 0 Å². The van der Waals surface area contributed by atoms with E-state index in [1.165, 1.54) is 10.4 Å². The molecule has 2 N–H and O–H groups in total. The van der Waals surface area contributed by atoms with Gasteiger partial charge in [-0.3, -0.25) is 9.69 Å². The van der Waals surface area contributed by atoms with E-state index < -0.39 is 0 Å². The van der Waals surface area contributed by atoms with Gasteiger partial charge >= 0.3 is 0 Å². The second-order valence-corrected chi connectivity index (χ2v) is 10.1. The summed E-state index contributed by atoms with van der Waals surface area (Å²) in [4.78, 5) is 25.7. The Morgan fingerprint density at radius 1 is 1.23 bits per heavy atom.